The van der Waals surface area contributed by atoms with Gasteiger partial charge in [-0.3, -0.25) is 4.79 Å². The zero-order chi connectivity index (χ0) is 19.3. The van der Waals surface area contributed by atoms with Gasteiger partial charge in [-0.15, -0.1) is 0 Å². The van der Waals surface area contributed by atoms with Crippen molar-refractivity contribution in [3.8, 4) is 0 Å². The Morgan fingerprint density at radius 2 is 2.00 bits per heavy atom. The summed E-state index contributed by atoms with van der Waals surface area (Å²) in [6.07, 6.45) is 1.91. The SMILES string of the molecule is COCCN(C)c1cc(C(C)(C)C)cc(NC2CCN(C(C)=O)CC2)n1. The molecule has 1 fully saturated rings. The molecule has 1 saturated heterocycles. The van der Waals surface area contributed by atoms with Crippen LogP contribution in [0.2, 0.25) is 0 Å². The van der Waals surface area contributed by atoms with Crippen molar-refractivity contribution in [1.82, 2.24) is 9.88 Å². The topological polar surface area (TPSA) is 57.7 Å². The second-order valence-corrected chi connectivity index (χ2v) is 8.19. The van der Waals surface area contributed by atoms with Crippen LogP contribution in [0.25, 0.3) is 0 Å². The number of anilines is 2. The first-order chi connectivity index (χ1) is 12.2. The van der Waals surface area contributed by atoms with Crippen LogP contribution in [0.3, 0.4) is 0 Å². The van der Waals surface area contributed by atoms with Gasteiger partial charge in [0.2, 0.25) is 5.91 Å². The fraction of sp³-hybridized carbons (Fsp3) is 0.700. The van der Waals surface area contributed by atoms with Gasteiger partial charge in [0.25, 0.3) is 0 Å². The fourth-order valence-electron chi connectivity index (χ4n) is 3.11. The third-order valence-corrected chi connectivity index (χ3v) is 4.99. The first-order valence-corrected chi connectivity index (χ1v) is 9.45. The van der Waals surface area contributed by atoms with Gasteiger partial charge in [-0.05, 0) is 36.0 Å². The fourth-order valence-corrected chi connectivity index (χ4v) is 3.11. The number of carbonyl (C=O) groups is 1. The molecular weight excluding hydrogens is 328 g/mol. The largest absolute Gasteiger partial charge is 0.383 e. The number of hydrogen-bond donors (Lipinski definition) is 1. The molecule has 0 spiro atoms. The minimum absolute atomic E-state index is 0.0498. The number of amides is 1. The molecule has 1 aromatic rings. The molecular formula is C20H34N4O2. The maximum Gasteiger partial charge on any atom is 0.219 e. The van der Waals surface area contributed by atoms with E-state index in [4.69, 9.17) is 9.72 Å². The highest BCUT2D eigenvalue weighted by Gasteiger charge is 2.22. The molecule has 2 rings (SSSR count). The highest BCUT2D eigenvalue weighted by atomic mass is 16.5. The Hall–Kier alpha value is -1.82. The van der Waals surface area contributed by atoms with E-state index in [2.05, 4.69) is 43.1 Å². The van der Waals surface area contributed by atoms with E-state index in [0.717, 1.165) is 44.1 Å². The summed E-state index contributed by atoms with van der Waals surface area (Å²) in [4.78, 5) is 20.4. The molecule has 146 valence electrons. The van der Waals surface area contributed by atoms with Crippen LogP contribution in [0.15, 0.2) is 12.1 Å². The van der Waals surface area contributed by atoms with Gasteiger partial charge in [0.1, 0.15) is 11.6 Å². The van der Waals surface area contributed by atoms with Crippen LogP contribution in [0.5, 0.6) is 0 Å². The van der Waals surface area contributed by atoms with Gasteiger partial charge in [0.15, 0.2) is 0 Å². The Bertz CT molecular complexity index is 604. The molecule has 1 aromatic heterocycles. The highest BCUT2D eigenvalue weighted by Crippen LogP contribution is 2.28. The predicted molar refractivity (Wildman–Crippen MR) is 107 cm³/mol. The van der Waals surface area contributed by atoms with E-state index in [9.17, 15) is 4.79 Å². The quantitative estimate of drug-likeness (QED) is 0.843. The van der Waals surface area contributed by atoms with Crippen molar-refractivity contribution in [2.45, 2.75) is 52.0 Å². The molecule has 1 amide bonds. The molecule has 0 saturated carbocycles. The van der Waals surface area contributed by atoms with Crippen LogP contribution in [-0.2, 0) is 14.9 Å². The second kappa shape index (κ2) is 8.71. The molecule has 0 unspecified atom stereocenters. The molecule has 0 bridgehead atoms. The maximum absolute atomic E-state index is 11.5. The first-order valence-electron chi connectivity index (χ1n) is 9.45. The molecule has 26 heavy (non-hydrogen) atoms. The summed E-state index contributed by atoms with van der Waals surface area (Å²) in [5.41, 5.74) is 1.31. The number of piperidine rings is 1. The van der Waals surface area contributed by atoms with E-state index < -0.39 is 0 Å². The zero-order valence-corrected chi connectivity index (χ0v) is 17.1. The smallest absolute Gasteiger partial charge is 0.219 e. The number of likely N-dealkylation sites (tertiary alicyclic amines) is 1. The van der Waals surface area contributed by atoms with Crippen molar-refractivity contribution in [1.29, 1.82) is 0 Å². The molecule has 0 aliphatic carbocycles. The average Bonchev–Trinajstić information content (AvgIpc) is 2.59. The van der Waals surface area contributed by atoms with Crippen molar-refractivity contribution in [3.05, 3.63) is 17.7 Å². The van der Waals surface area contributed by atoms with Gasteiger partial charge in [-0.25, -0.2) is 4.98 Å². The lowest BCUT2D eigenvalue weighted by Gasteiger charge is -2.32. The summed E-state index contributed by atoms with van der Waals surface area (Å²) in [5, 5.41) is 3.60. The Morgan fingerprint density at radius 1 is 1.35 bits per heavy atom. The number of pyridine rings is 1. The van der Waals surface area contributed by atoms with Crippen LogP contribution in [0.4, 0.5) is 11.6 Å². The van der Waals surface area contributed by atoms with E-state index in [1.807, 2.05) is 11.9 Å². The monoisotopic (exact) mass is 362 g/mol. The normalized spacial score (nSPS) is 15.8. The van der Waals surface area contributed by atoms with Crippen molar-refractivity contribution in [2.75, 3.05) is 50.6 Å². The van der Waals surface area contributed by atoms with E-state index in [0.29, 0.717) is 12.6 Å². The van der Waals surface area contributed by atoms with Crippen LogP contribution in [0, 0.1) is 0 Å². The number of nitrogens with zero attached hydrogens (tertiary/aromatic N) is 3. The van der Waals surface area contributed by atoms with E-state index in [1.54, 1.807) is 14.0 Å². The summed E-state index contributed by atoms with van der Waals surface area (Å²) in [6.45, 7) is 11.4. The molecule has 0 radical (unpaired) electrons. The number of carbonyl (C=O) groups excluding carboxylic acids is 1. The number of likely N-dealkylation sites (N-methyl/N-ethyl adjacent to an activating group) is 1. The maximum atomic E-state index is 11.5. The van der Waals surface area contributed by atoms with Gasteiger partial charge in [-0.1, -0.05) is 20.8 Å². The number of rotatable bonds is 6. The summed E-state index contributed by atoms with van der Waals surface area (Å²) in [7, 11) is 3.76. The Kier molecular flexibility index (Phi) is 6.87. The molecule has 2 heterocycles. The molecule has 0 aromatic carbocycles. The Balaban J connectivity index is 2.15. The zero-order valence-electron chi connectivity index (χ0n) is 17.1. The number of methoxy groups -OCH3 is 1. The van der Waals surface area contributed by atoms with Crippen molar-refractivity contribution in [3.63, 3.8) is 0 Å². The molecule has 1 N–H and O–H groups in total. The summed E-state index contributed by atoms with van der Waals surface area (Å²) < 4.78 is 5.20. The lowest BCUT2D eigenvalue weighted by molar-refractivity contribution is -0.129. The summed E-state index contributed by atoms with van der Waals surface area (Å²) in [5.74, 6) is 2.04. The van der Waals surface area contributed by atoms with Gasteiger partial charge in [-0.2, -0.15) is 0 Å². The molecule has 1 aliphatic rings. The standard InChI is InChI=1S/C20H34N4O2/c1-15(25)24-9-7-17(8-10-24)21-18-13-16(20(2,3)4)14-19(22-18)23(5)11-12-26-6/h13-14,17H,7-12H2,1-6H3,(H,21,22). The Labute approximate surface area is 157 Å². The number of nitrogens with one attached hydrogen (secondary N) is 1. The van der Waals surface area contributed by atoms with E-state index in [-0.39, 0.29) is 11.3 Å². The summed E-state index contributed by atoms with van der Waals surface area (Å²) >= 11 is 0. The Morgan fingerprint density at radius 3 is 2.54 bits per heavy atom. The second-order valence-electron chi connectivity index (χ2n) is 8.19. The highest BCUT2D eigenvalue weighted by molar-refractivity contribution is 5.73. The third kappa shape index (κ3) is 5.59. The third-order valence-electron chi connectivity index (χ3n) is 4.99. The van der Waals surface area contributed by atoms with Crippen molar-refractivity contribution >= 4 is 17.5 Å². The van der Waals surface area contributed by atoms with Crippen molar-refractivity contribution < 1.29 is 9.53 Å². The van der Waals surface area contributed by atoms with Crippen LogP contribution in [0.1, 0.15) is 46.1 Å². The molecule has 1 aliphatic heterocycles. The molecule has 0 atom stereocenters. The molecule has 6 nitrogen and oxygen atoms in total. The molecule has 6 heteroatoms. The number of hydrogen-bond acceptors (Lipinski definition) is 5. The minimum Gasteiger partial charge on any atom is -0.383 e. The number of aromatic nitrogens is 1. The lowest BCUT2D eigenvalue weighted by Crippen LogP contribution is -2.41. The average molecular weight is 363 g/mol. The van der Waals surface area contributed by atoms with Crippen molar-refractivity contribution in [2.24, 2.45) is 0 Å². The van der Waals surface area contributed by atoms with Gasteiger partial charge in [0.05, 0.1) is 6.61 Å². The van der Waals surface area contributed by atoms with Gasteiger partial charge in [0, 0.05) is 46.8 Å². The minimum atomic E-state index is 0.0498. The lowest BCUT2D eigenvalue weighted by atomic mass is 9.87. The predicted octanol–water partition coefficient (Wildman–Crippen LogP) is 2.88. The van der Waals surface area contributed by atoms with Crippen LogP contribution < -0.4 is 10.2 Å². The first kappa shape index (κ1) is 20.5. The summed E-state index contributed by atoms with van der Waals surface area (Å²) in [6, 6.07) is 4.68. The van der Waals surface area contributed by atoms with Gasteiger partial charge < -0.3 is 19.9 Å². The van der Waals surface area contributed by atoms with E-state index in [1.165, 1.54) is 5.56 Å². The van der Waals surface area contributed by atoms with Crippen LogP contribution in [-0.4, -0.2) is 62.2 Å². The number of ether oxygens (including phenoxy) is 1. The van der Waals surface area contributed by atoms with Crippen LogP contribution >= 0.6 is 0 Å². The van der Waals surface area contributed by atoms with E-state index >= 15 is 0 Å². The van der Waals surface area contributed by atoms with Gasteiger partial charge >= 0.3 is 0 Å².